The molecule has 3 rings (SSSR count). The standard InChI is InChI=1S/C14H14N2O2S/c17-13(18)9-19-14-15-5-6-16(14)8-11-7-10-3-1-2-4-12(10)11/h1-6,11H,7-9H2,(H,17,18). The first-order valence-electron chi connectivity index (χ1n) is 6.17. The zero-order valence-electron chi connectivity index (χ0n) is 10.3. The number of nitrogens with zero attached hydrogens (tertiary/aromatic N) is 2. The number of aromatic nitrogens is 2. The van der Waals surface area contributed by atoms with Gasteiger partial charge in [0.25, 0.3) is 0 Å². The number of hydrogen-bond donors (Lipinski definition) is 1. The van der Waals surface area contributed by atoms with E-state index < -0.39 is 5.97 Å². The number of carboxylic acid groups (broad SMARTS) is 1. The first kappa shape index (κ1) is 12.3. The molecule has 0 fully saturated rings. The Balaban J connectivity index is 1.69. The predicted octanol–water partition coefficient (Wildman–Crippen LogP) is 2.40. The molecule has 1 aromatic carbocycles. The summed E-state index contributed by atoms with van der Waals surface area (Å²) in [4.78, 5) is 14.8. The Morgan fingerprint density at radius 3 is 3.11 bits per heavy atom. The molecule has 1 aliphatic carbocycles. The first-order valence-corrected chi connectivity index (χ1v) is 7.16. The molecule has 1 aliphatic rings. The Kier molecular flexibility index (Phi) is 3.29. The molecular weight excluding hydrogens is 260 g/mol. The van der Waals surface area contributed by atoms with Crippen LogP contribution in [0.5, 0.6) is 0 Å². The zero-order chi connectivity index (χ0) is 13.2. The van der Waals surface area contributed by atoms with E-state index in [-0.39, 0.29) is 5.75 Å². The van der Waals surface area contributed by atoms with E-state index in [0.29, 0.717) is 5.92 Å². The molecule has 0 saturated carbocycles. The summed E-state index contributed by atoms with van der Waals surface area (Å²) in [6.45, 7) is 0.874. The van der Waals surface area contributed by atoms with Crippen molar-refractivity contribution in [2.75, 3.05) is 5.75 Å². The summed E-state index contributed by atoms with van der Waals surface area (Å²) in [7, 11) is 0. The molecule has 1 atom stereocenters. The number of carbonyl (C=O) groups is 1. The highest BCUT2D eigenvalue weighted by atomic mass is 32.2. The van der Waals surface area contributed by atoms with E-state index in [1.54, 1.807) is 6.20 Å². The fraction of sp³-hybridized carbons (Fsp3) is 0.286. The van der Waals surface area contributed by atoms with Crippen molar-refractivity contribution in [2.45, 2.75) is 24.0 Å². The van der Waals surface area contributed by atoms with Crippen molar-refractivity contribution in [1.82, 2.24) is 9.55 Å². The third kappa shape index (κ3) is 2.51. The average Bonchev–Trinajstić information content (AvgIpc) is 2.81. The summed E-state index contributed by atoms with van der Waals surface area (Å²) in [5.74, 6) is -0.235. The van der Waals surface area contributed by atoms with Crippen LogP contribution in [0.4, 0.5) is 0 Å². The lowest BCUT2D eigenvalue weighted by molar-refractivity contribution is -0.133. The number of imidazole rings is 1. The number of fused-ring (bicyclic) bond motifs is 1. The second-order valence-corrected chi connectivity index (χ2v) is 5.59. The summed E-state index contributed by atoms with van der Waals surface area (Å²) in [6.07, 6.45) is 4.75. The monoisotopic (exact) mass is 274 g/mol. The molecular formula is C14H14N2O2S. The second kappa shape index (κ2) is 5.09. The molecule has 2 aromatic rings. The maximum atomic E-state index is 10.6. The van der Waals surface area contributed by atoms with Crippen molar-refractivity contribution >= 4 is 17.7 Å². The minimum absolute atomic E-state index is 0.0538. The van der Waals surface area contributed by atoms with E-state index >= 15 is 0 Å². The summed E-state index contributed by atoms with van der Waals surface area (Å²) < 4.78 is 2.05. The molecule has 1 aromatic heterocycles. The number of carboxylic acids is 1. The lowest BCUT2D eigenvalue weighted by Gasteiger charge is -2.30. The molecule has 1 N–H and O–H groups in total. The lowest BCUT2D eigenvalue weighted by atomic mass is 9.77. The molecule has 0 radical (unpaired) electrons. The largest absolute Gasteiger partial charge is 0.481 e. The minimum Gasteiger partial charge on any atom is -0.481 e. The molecule has 0 aliphatic heterocycles. The van der Waals surface area contributed by atoms with Crippen LogP contribution in [0.3, 0.4) is 0 Å². The van der Waals surface area contributed by atoms with Gasteiger partial charge in [0.1, 0.15) is 0 Å². The quantitative estimate of drug-likeness (QED) is 0.851. The Morgan fingerprint density at radius 1 is 1.47 bits per heavy atom. The SMILES string of the molecule is O=C(O)CSc1nccn1CC1Cc2ccccc21. The van der Waals surface area contributed by atoms with Crippen molar-refractivity contribution in [3.63, 3.8) is 0 Å². The summed E-state index contributed by atoms with van der Waals surface area (Å²) in [6, 6.07) is 8.48. The maximum absolute atomic E-state index is 10.6. The smallest absolute Gasteiger partial charge is 0.313 e. The van der Waals surface area contributed by atoms with Gasteiger partial charge in [-0.25, -0.2) is 4.98 Å². The van der Waals surface area contributed by atoms with Gasteiger partial charge in [-0.2, -0.15) is 0 Å². The highest BCUT2D eigenvalue weighted by Gasteiger charge is 2.26. The third-order valence-electron chi connectivity index (χ3n) is 3.38. The normalized spacial score (nSPS) is 16.7. The Labute approximate surface area is 115 Å². The van der Waals surface area contributed by atoms with E-state index in [9.17, 15) is 4.79 Å². The fourth-order valence-electron chi connectivity index (χ4n) is 2.46. The molecule has 1 heterocycles. The first-order chi connectivity index (χ1) is 9.24. The van der Waals surface area contributed by atoms with E-state index in [4.69, 9.17) is 5.11 Å². The van der Waals surface area contributed by atoms with E-state index in [2.05, 4.69) is 29.2 Å². The van der Waals surface area contributed by atoms with Gasteiger partial charge in [0.15, 0.2) is 5.16 Å². The van der Waals surface area contributed by atoms with Crippen molar-refractivity contribution in [3.8, 4) is 0 Å². The van der Waals surface area contributed by atoms with Gasteiger partial charge in [0, 0.05) is 24.9 Å². The Morgan fingerprint density at radius 2 is 2.32 bits per heavy atom. The number of hydrogen-bond acceptors (Lipinski definition) is 3. The number of aliphatic carboxylic acids is 1. The molecule has 1 unspecified atom stereocenters. The number of benzene rings is 1. The zero-order valence-corrected chi connectivity index (χ0v) is 11.1. The van der Waals surface area contributed by atoms with Crippen LogP contribution in [0.1, 0.15) is 17.0 Å². The fourth-order valence-corrected chi connectivity index (χ4v) is 3.15. The molecule has 0 bridgehead atoms. The predicted molar refractivity (Wildman–Crippen MR) is 73.5 cm³/mol. The van der Waals surface area contributed by atoms with Crippen LogP contribution in [0.15, 0.2) is 41.8 Å². The van der Waals surface area contributed by atoms with Crippen LogP contribution in [0.25, 0.3) is 0 Å². The van der Waals surface area contributed by atoms with Crippen LogP contribution >= 0.6 is 11.8 Å². The number of thioether (sulfide) groups is 1. The van der Waals surface area contributed by atoms with Crippen LogP contribution < -0.4 is 0 Å². The molecule has 0 spiro atoms. The molecule has 0 saturated heterocycles. The van der Waals surface area contributed by atoms with Crippen LogP contribution in [-0.4, -0.2) is 26.4 Å². The van der Waals surface area contributed by atoms with Gasteiger partial charge in [-0.1, -0.05) is 36.0 Å². The minimum atomic E-state index is -0.812. The summed E-state index contributed by atoms with van der Waals surface area (Å²) >= 11 is 1.27. The van der Waals surface area contributed by atoms with Gasteiger partial charge < -0.3 is 9.67 Å². The van der Waals surface area contributed by atoms with E-state index in [1.807, 2.05) is 10.8 Å². The van der Waals surface area contributed by atoms with Crippen molar-refractivity contribution in [2.24, 2.45) is 0 Å². The van der Waals surface area contributed by atoms with Crippen LogP contribution in [0.2, 0.25) is 0 Å². The molecule has 0 amide bonds. The van der Waals surface area contributed by atoms with Gasteiger partial charge in [0.2, 0.25) is 0 Å². The summed E-state index contributed by atoms with van der Waals surface area (Å²) in [5.41, 5.74) is 2.83. The van der Waals surface area contributed by atoms with Gasteiger partial charge in [-0.05, 0) is 17.5 Å². The number of rotatable bonds is 5. The molecule has 4 nitrogen and oxygen atoms in total. The van der Waals surface area contributed by atoms with Gasteiger partial charge >= 0.3 is 5.97 Å². The van der Waals surface area contributed by atoms with Gasteiger partial charge in [-0.15, -0.1) is 0 Å². The molecule has 19 heavy (non-hydrogen) atoms. The molecule has 5 heteroatoms. The Bertz CT molecular complexity index is 609. The topological polar surface area (TPSA) is 55.1 Å². The lowest BCUT2D eigenvalue weighted by Crippen LogP contribution is -2.22. The summed E-state index contributed by atoms with van der Waals surface area (Å²) in [5, 5.41) is 9.50. The van der Waals surface area contributed by atoms with Crippen LogP contribution in [-0.2, 0) is 17.8 Å². The van der Waals surface area contributed by atoms with Crippen molar-refractivity contribution < 1.29 is 9.90 Å². The average molecular weight is 274 g/mol. The van der Waals surface area contributed by atoms with Crippen molar-refractivity contribution in [3.05, 3.63) is 47.8 Å². The Hall–Kier alpha value is -1.75. The maximum Gasteiger partial charge on any atom is 0.313 e. The van der Waals surface area contributed by atoms with E-state index in [1.165, 1.54) is 22.9 Å². The van der Waals surface area contributed by atoms with Crippen molar-refractivity contribution in [1.29, 1.82) is 0 Å². The highest BCUT2D eigenvalue weighted by molar-refractivity contribution is 7.99. The van der Waals surface area contributed by atoms with Crippen LogP contribution in [0, 0.1) is 0 Å². The van der Waals surface area contributed by atoms with Gasteiger partial charge in [-0.3, -0.25) is 4.79 Å². The molecule has 98 valence electrons. The van der Waals surface area contributed by atoms with Gasteiger partial charge in [0.05, 0.1) is 5.75 Å². The van der Waals surface area contributed by atoms with E-state index in [0.717, 1.165) is 18.1 Å². The second-order valence-electron chi connectivity index (χ2n) is 4.64. The third-order valence-corrected chi connectivity index (χ3v) is 4.37. The highest BCUT2D eigenvalue weighted by Crippen LogP contribution is 2.36.